The predicted octanol–water partition coefficient (Wildman–Crippen LogP) is 1.84. The molecule has 0 aromatic rings. The number of likely N-dealkylation sites (N-methyl/N-ethyl adjacent to an activating group) is 1. The van der Waals surface area contributed by atoms with Gasteiger partial charge < -0.3 is 16.0 Å². The quantitative estimate of drug-likeness (QED) is 0.743. The largest absolute Gasteiger partial charge is 0.352 e. The maximum absolute atomic E-state index is 12.0. The first-order chi connectivity index (χ1) is 8.51. The molecular formula is C15H33N3O. The van der Waals surface area contributed by atoms with Gasteiger partial charge in [-0.15, -0.1) is 0 Å². The number of rotatable bonds is 7. The van der Waals surface area contributed by atoms with Crippen molar-refractivity contribution >= 4 is 5.91 Å². The predicted molar refractivity (Wildman–Crippen MR) is 82.0 cm³/mol. The van der Waals surface area contributed by atoms with Crippen LogP contribution in [0.4, 0.5) is 0 Å². The van der Waals surface area contributed by atoms with E-state index in [1.165, 1.54) is 0 Å². The Labute approximate surface area is 119 Å². The number of nitrogens with two attached hydrogens (primary N) is 1. The summed E-state index contributed by atoms with van der Waals surface area (Å²) >= 11 is 0. The molecule has 0 aromatic carbocycles. The fraction of sp³-hybridized carbons (Fsp3) is 0.933. The second-order valence-electron chi connectivity index (χ2n) is 7.41. The summed E-state index contributed by atoms with van der Waals surface area (Å²) in [5.74, 6) is 0.488. The second kappa shape index (κ2) is 7.85. The zero-order valence-corrected chi connectivity index (χ0v) is 13.8. The summed E-state index contributed by atoms with van der Waals surface area (Å²) in [6.45, 7) is 11.6. The zero-order chi connectivity index (χ0) is 15.2. The molecule has 114 valence electrons. The lowest BCUT2D eigenvalue weighted by Gasteiger charge is -2.27. The molecule has 4 heteroatoms. The number of amides is 1. The summed E-state index contributed by atoms with van der Waals surface area (Å²) in [6, 6.07) is 0.122. The molecule has 0 saturated heterocycles. The van der Waals surface area contributed by atoms with Gasteiger partial charge in [-0.05, 0) is 31.8 Å². The molecule has 0 aliphatic rings. The first kappa shape index (κ1) is 18.4. The van der Waals surface area contributed by atoms with Crippen molar-refractivity contribution in [3.8, 4) is 0 Å². The van der Waals surface area contributed by atoms with E-state index < -0.39 is 0 Å². The van der Waals surface area contributed by atoms with E-state index in [1.54, 1.807) is 0 Å². The van der Waals surface area contributed by atoms with Crippen molar-refractivity contribution in [2.45, 2.75) is 59.5 Å². The minimum Gasteiger partial charge on any atom is -0.352 e. The lowest BCUT2D eigenvalue weighted by molar-refractivity contribution is -0.122. The third-order valence-corrected chi connectivity index (χ3v) is 3.04. The van der Waals surface area contributed by atoms with E-state index in [0.29, 0.717) is 12.3 Å². The molecule has 0 rings (SSSR count). The topological polar surface area (TPSA) is 58.4 Å². The van der Waals surface area contributed by atoms with Crippen LogP contribution in [0.15, 0.2) is 0 Å². The molecule has 2 unspecified atom stereocenters. The van der Waals surface area contributed by atoms with E-state index >= 15 is 0 Å². The first-order valence-corrected chi connectivity index (χ1v) is 7.21. The maximum atomic E-state index is 12.0. The van der Waals surface area contributed by atoms with Crippen molar-refractivity contribution in [3.05, 3.63) is 0 Å². The number of carbonyl (C=O) groups is 1. The highest BCUT2D eigenvalue weighted by molar-refractivity contribution is 5.76. The number of nitrogens with zero attached hydrogens (tertiary/aromatic N) is 1. The average Bonchev–Trinajstić information content (AvgIpc) is 2.11. The van der Waals surface area contributed by atoms with Crippen LogP contribution in [-0.4, -0.2) is 43.5 Å². The Morgan fingerprint density at radius 1 is 1.26 bits per heavy atom. The summed E-state index contributed by atoms with van der Waals surface area (Å²) in [5.41, 5.74) is 6.21. The van der Waals surface area contributed by atoms with Gasteiger partial charge in [-0.1, -0.05) is 34.6 Å². The Bertz CT molecular complexity index is 269. The Morgan fingerprint density at radius 2 is 1.79 bits per heavy atom. The van der Waals surface area contributed by atoms with E-state index in [2.05, 4.69) is 44.8 Å². The van der Waals surface area contributed by atoms with Crippen LogP contribution in [0.2, 0.25) is 0 Å². The molecule has 0 heterocycles. The summed E-state index contributed by atoms with van der Waals surface area (Å²) in [4.78, 5) is 14.1. The second-order valence-corrected chi connectivity index (χ2v) is 7.41. The van der Waals surface area contributed by atoms with Gasteiger partial charge in [-0.2, -0.15) is 0 Å². The number of nitrogens with one attached hydrogen (secondary N) is 1. The molecule has 0 spiro atoms. The summed E-state index contributed by atoms with van der Waals surface area (Å²) in [6.07, 6.45) is 1.27. The number of carbonyl (C=O) groups excluding carboxylic acids is 1. The van der Waals surface area contributed by atoms with Crippen molar-refractivity contribution in [2.75, 3.05) is 20.6 Å². The van der Waals surface area contributed by atoms with E-state index in [9.17, 15) is 4.79 Å². The van der Waals surface area contributed by atoms with Crippen LogP contribution < -0.4 is 11.1 Å². The molecule has 3 N–H and O–H groups in total. The van der Waals surface area contributed by atoms with Gasteiger partial charge in [0.2, 0.25) is 5.91 Å². The third-order valence-electron chi connectivity index (χ3n) is 3.04. The van der Waals surface area contributed by atoms with Crippen molar-refractivity contribution < 1.29 is 4.79 Å². The molecule has 19 heavy (non-hydrogen) atoms. The van der Waals surface area contributed by atoms with Crippen LogP contribution in [0.5, 0.6) is 0 Å². The van der Waals surface area contributed by atoms with Gasteiger partial charge in [0.25, 0.3) is 0 Å². The van der Waals surface area contributed by atoms with Gasteiger partial charge >= 0.3 is 0 Å². The van der Waals surface area contributed by atoms with Gasteiger partial charge in [0.05, 0.1) is 0 Å². The zero-order valence-electron chi connectivity index (χ0n) is 13.8. The molecule has 0 fully saturated rings. The third kappa shape index (κ3) is 9.91. The fourth-order valence-corrected chi connectivity index (χ4v) is 2.18. The lowest BCUT2D eigenvalue weighted by Crippen LogP contribution is -2.46. The summed E-state index contributed by atoms with van der Waals surface area (Å²) in [7, 11) is 4.04. The van der Waals surface area contributed by atoms with E-state index in [-0.39, 0.29) is 23.4 Å². The van der Waals surface area contributed by atoms with Crippen molar-refractivity contribution in [3.63, 3.8) is 0 Å². The van der Waals surface area contributed by atoms with Crippen molar-refractivity contribution in [2.24, 2.45) is 17.1 Å². The number of hydrogen-bond donors (Lipinski definition) is 2. The summed E-state index contributed by atoms with van der Waals surface area (Å²) in [5, 5.41) is 3.10. The molecular weight excluding hydrogens is 238 g/mol. The maximum Gasteiger partial charge on any atom is 0.221 e. The van der Waals surface area contributed by atoms with Gasteiger partial charge in [-0.3, -0.25) is 4.79 Å². The average molecular weight is 271 g/mol. The van der Waals surface area contributed by atoms with E-state index in [0.717, 1.165) is 13.0 Å². The van der Waals surface area contributed by atoms with Crippen LogP contribution >= 0.6 is 0 Å². The van der Waals surface area contributed by atoms with E-state index in [1.807, 2.05) is 14.1 Å². The van der Waals surface area contributed by atoms with Crippen LogP contribution in [-0.2, 0) is 4.79 Å². The Kier molecular flexibility index (Phi) is 7.60. The normalized spacial score (nSPS) is 15.7. The van der Waals surface area contributed by atoms with Gasteiger partial charge in [-0.25, -0.2) is 0 Å². The Hall–Kier alpha value is -0.610. The monoisotopic (exact) mass is 271 g/mol. The van der Waals surface area contributed by atoms with Crippen LogP contribution in [0.25, 0.3) is 0 Å². The highest BCUT2D eigenvalue weighted by Crippen LogP contribution is 2.21. The molecule has 0 bridgehead atoms. The van der Waals surface area contributed by atoms with Crippen LogP contribution in [0, 0.1) is 11.3 Å². The molecule has 2 atom stereocenters. The molecule has 4 nitrogen and oxygen atoms in total. The smallest absolute Gasteiger partial charge is 0.221 e. The SMILES string of the molecule is CC(C)C(CN(C)C)NC(=O)CC(N)CC(C)(C)C. The standard InChI is InChI=1S/C15H33N3O/c1-11(2)13(10-18(6)7)17-14(19)8-12(16)9-15(3,4)5/h11-13H,8-10,16H2,1-7H3,(H,17,19). The summed E-state index contributed by atoms with van der Waals surface area (Å²) < 4.78 is 0. The molecule has 0 radical (unpaired) electrons. The minimum atomic E-state index is -0.0628. The molecule has 0 aromatic heterocycles. The van der Waals surface area contributed by atoms with Gasteiger partial charge in [0.15, 0.2) is 0 Å². The minimum absolute atomic E-state index is 0.0628. The van der Waals surface area contributed by atoms with Crippen LogP contribution in [0.3, 0.4) is 0 Å². The molecule has 0 aliphatic carbocycles. The molecule has 0 aliphatic heterocycles. The Morgan fingerprint density at radius 3 is 2.16 bits per heavy atom. The lowest BCUT2D eigenvalue weighted by atomic mass is 9.87. The highest BCUT2D eigenvalue weighted by atomic mass is 16.1. The van der Waals surface area contributed by atoms with Gasteiger partial charge in [0, 0.05) is 25.0 Å². The van der Waals surface area contributed by atoms with Gasteiger partial charge in [0.1, 0.15) is 0 Å². The molecule has 0 saturated carbocycles. The fourth-order valence-electron chi connectivity index (χ4n) is 2.18. The Balaban J connectivity index is 4.26. The van der Waals surface area contributed by atoms with Crippen molar-refractivity contribution in [1.29, 1.82) is 0 Å². The highest BCUT2D eigenvalue weighted by Gasteiger charge is 2.21. The van der Waals surface area contributed by atoms with Crippen molar-refractivity contribution in [1.82, 2.24) is 10.2 Å². The first-order valence-electron chi connectivity index (χ1n) is 7.21. The van der Waals surface area contributed by atoms with E-state index in [4.69, 9.17) is 5.73 Å². The molecule has 1 amide bonds. The number of hydrogen-bond acceptors (Lipinski definition) is 3. The van der Waals surface area contributed by atoms with Crippen LogP contribution in [0.1, 0.15) is 47.5 Å².